The number of carbonyl (C=O) groups is 1. The Morgan fingerprint density at radius 1 is 1.20 bits per heavy atom. The molecule has 0 radical (unpaired) electrons. The molecule has 1 aliphatic carbocycles. The van der Waals surface area contributed by atoms with Crippen LogP contribution in [0.3, 0.4) is 0 Å². The number of ether oxygens (including phenoxy) is 1. The van der Waals surface area contributed by atoms with Gasteiger partial charge in [-0.05, 0) is 61.7 Å². The van der Waals surface area contributed by atoms with Crippen molar-refractivity contribution >= 4 is 68.5 Å². The van der Waals surface area contributed by atoms with Gasteiger partial charge >= 0.3 is 5.97 Å². The minimum absolute atomic E-state index is 0.334. The zero-order chi connectivity index (χ0) is 18.0. The Hall–Kier alpha value is -1.34. The van der Waals surface area contributed by atoms with E-state index >= 15 is 0 Å². The van der Waals surface area contributed by atoms with Gasteiger partial charge in [0.2, 0.25) is 0 Å². The lowest BCUT2D eigenvalue weighted by molar-refractivity contribution is 0.0601. The third-order valence-corrected chi connectivity index (χ3v) is 6.12. The molecule has 25 heavy (non-hydrogen) atoms. The second-order valence-electron chi connectivity index (χ2n) is 5.61. The van der Waals surface area contributed by atoms with Gasteiger partial charge in [-0.15, -0.1) is 11.3 Å². The summed E-state index contributed by atoms with van der Waals surface area (Å²) in [4.78, 5) is 13.5. The maximum atomic E-state index is 12.2. The highest BCUT2D eigenvalue weighted by Gasteiger charge is 2.26. The van der Waals surface area contributed by atoms with E-state index in [1.54, 1.807) is 29.5 Å². The predicted octanol–water partition coefficient (Wildman–Crippen LogP) is 5.53. The molecule has 0 bridgehead atoms. The van der Waals surface area contributed by atoms with E-state index in [9.17, 15) is 4.79 Å². The number of hydrogen-bond donors (Lipinski definition) is 2. The first-order valence-corrected chi connectivity index (χ1v) is 9.73. The van der Waals surface area contributed by atoms with E-state index in [1.165, 1.54) is 12.0 Å². The molecule has 0 saturated heterocycles. The zero-order valence-corrected chi connectivity index (χ0v) is 16.6. The smallest absolute Gasteiger partial charge is 0.341 e. The summed E-state index contributed by atoms with van der Waals surface area (Å²) in [6, 6.07) is 5.17. The van der Waals surface area contributed by atoms with Crippen molar-refractivity contribution in [2.45, 2.75) is 25.7 Å². The zero-order valence-electron chi connectivity index (χ0n) is 13.4. The van der Waals surface area contributed by atoms with Gasteiger partial charge in [0.05, 0.1) is 22.7 Å². The number of thiocarbonyl (C=S) groups is 1. The van der Waals surface area contributed by atoms with E-state index in [0.717, 1.165) is 36.2 Å². The van der Waals surface area contributed by atoms with Gasteiger partial charge < -0.3 is 15.4 Å². The molecule has 1 aromatic carbocycles. The first kappa shape index (κ1) is 18.5. The van der Waals surface area contributed by atoms with Crippen LogP contribution in [-0.4, -0.2) is 18.2 Å². The van der Waals surface area contributed by atoms with Gasteiger partial charge in [-0.25, -0.2) is 4.79 Å². The van der Waals surface area contributed by atoms with Crippen LogP contribution in [0, 0.1) is 0 Å². The van der Waals surface area contributed by atoms with Crippen LogP contribution in [-0.2, 0) is 17.6 Å². The van der Waals surface area contributed by atoms with E-state index in [0.29, 0.717) is 26.4 Å². The molecule has 0 amide bonds. The number of halogens is 2. The van der Waals surface area contributed by atoms with Crippen molar-refractivity contribution in [2.75, 3.05) is 17.7 Å². The second-order valence-corrected chi connectivity index (χ2v) is 7.94. The summed E-state index contributed by atoms with van der Waals surface area (Å²) in [5.41, 5.74) is 2.40. The molecular formula is C17H16Cl2N2O2S2. The van der Waals surface area contributed by atoms with E-state index in [-0.39, 0.29) is 5.97 Å². The molecule has 0 atom stereocenters. The summed E-state index contributed by atoms with van der Waals surface area (Å²) in [6.07, 6.45) is 4.10. The maximum absolute atomic E-state index is 12.2. The molecule has 8 heteroatoms. The van der Waals surface area contributed by atoms with Crippen LogP contribution in [0.4, 0.5) is 10.7 Å². The minimum atomic E-state index is -0.334. The van der Waals surface area contributed by atoms with Crippen molar-refractivity contribution in [3.8, 4) is 0 Å². The van der Waals surface area contributed by atoms with Gasteiger partial charge in [0.25, 0.3) is 0 Å². The molecule has 1 aliphatic rings. The molecule has 0 unspecified atom stereocenters. The SMILES string of the molecule is COC(=O)c1c(NC(=S)Nc2ccc(Cl)c(Cl)c2)sc2c1CCCC2. The first-order chi connectivity index (χ1) is 12.0. The lowest BCUT2D eigenvalue weighted by atomic mass is 9.95. The molecule has 0 fully saturated rings. The fourth-order valence-corrected chi connectivity index (χ4v) is 4.68. The predicted molar refractivity (Wildman–Crippen MR) is 109 cm³/mol. The molecular weight excluding hydrogens is 399 g/mol. The number of carbonyl (C=O) groups excluding carboxylic acids is 1. The number of rotatable bonds is 3. The van der Waals surface area contributed by atoms with E-state index in [4.69, 9.17) is 40.2 Å². The maximum Gasteiger partial charge on any atom is 0.341 e. The highest BCUT2D eigenvalue weighted by molar-refractivity contribution is 7.80. The molecule has 2 N–H and O–H groups in total. The van der Waals surface area contributed by atoms with Crippen molar-refractivity contribution < 1.29 is 9.53 Å². The van der Waals surface area contributed by atoms with Crippen molar-refractivity contribution in [3.63, 3.8) is 0 Å². The van der Waals surface area contributed by atoms with Gasteiger partial charge in [0.15, 0.2) is 5.11 Å². The monoisotopic (exact) mass is 414 g/mol. The highest BCUT2D eigenvalue weighted by atomic mass is 35.5. The lowest BCUT2D eigenvalue weighted by Crippen LogP contribution is -2.20. The Morgan fingerprint density at radius 3 is 2.68 bits per heavy atom. The number of thiophene rings is 1. The third-order valence-electron chi connectivity index (χ3n) is 3.97. The second kappa shape index (κ2) is 7.91. The third kappa shape index (κ3) is 4.08. The van der Waals surface area contributed by atoms with Gasteiger partial charge in [0.1, 0.15) is 5.00 Å². The van der Waals surface area contributed by atoms with Crippen LogP contribution in [0.1, 0.15) is 33.6 Å². The fraction of sp³-hybridized carbons (Fsp3) is 0.294. The number of hydrogen-bond acceptors (Lipinski definition) is 4. The Bertz CT molecular complexity index is 836. The number of anilines is 2. The number of aryl methyl sites for hydroxylation is 1. The van der Waals surface area contributed by atoms with Crippen LogP contribution >= 0.6 is 46.8 Å². The molecule has 1 aromatic heterocycles. The van der Waals surface area contributed by atoms with Gasteiger partial charge in [-0.1, -0.05) is 23.2 Å². The molecule has 0 saturated carbocycles. The largest absolute Gasteiger partial charge is 0.465 e. The molecule has 3 rings (SSSR count). The number of fused-ring (bicyclic) bond motifs is 1. The summed E-state index contributed by atoms with van der Waals surface area (Å²) < 4.78 is 4.96. The first-order valence-electron chi connectivity index (χ1n) is 7.75. The van der Waals surface area contributed by atoms with Crippen LogP contribution in [0.2, 0.25) is 10.0 Å². The number of nitrogens with one attached hydrogen (secondary N) is 2. The van der Waals surface area contributed by atoms with Crippen LogP contribution in [0.25, 0.3) is 0 Å². The normalized spacial score (nSPS) is 13.1. The van der Waals surface area contributed by atoms with Gasteiger partial charge in [-0.3, -0.25) is 0 Å². The van der Waals surface area contributed by atoms with E-state index < -0.39 is 0 Å². The summed E-state index contributed by atoms with van der Waals surface area (Å²) in [7, 11) is 1.39. The van der Waals surface area contributed by atoms with Crippen molar-refractivity contribution in [3.05, 3.63) is 44.2 Å². The highest BCUT2D eigenvalue weighted by Crippen LogP contribution is 2.38. The standard InChI is InChI=1S/C17H16Cl2N2O2S2/c1-23-16(22)14-10-4-2-3-5-13(10)25-15(14)21-17(24)20-9-6-7-11(18)12(19)8-9/h6-8H,2-5H2,1H3,(H2,20,21,24). The molecule has 0 spiro atoms. The summed E-state index contributed by atoms with van der Waals surface area (Å²) >= 11 is 18.9. The van der Waals surface area contributed by atoms with E-state index in [2.05, 4.69) is 10.6 Å². The Balaban J connectivity index is 1.82. The Morgan fingerprint density at radius 2 is 1.96 bits per heavy atom. The van der Waals surface area contributed by atoms with Gasteiger partial charge in [-0.2, -0.15) is 0 Å². The van der Waals surface area contributed by atoms with Gasteiger partial charge in [0, 0.05) is 10.6 Å². The number of benzene rings is 1. The lowest BCUT2D eigenvalue weighted by Gasteiger charge is -2.13. The summed E-state index contributed by atoms with van der Waals surface area (Å²) in [5.74, 6) is -0.334. The molecule has 4 nitrogen and oxygen atoms in total. The Kier molecular flexibility index (Phi) is 5.84. The van der Waals surface area contributed by atoms with E-state index in [1.807, 2.05) is 0 Å². The number of methoxy groups -OCH3 is 1. The number of esters is 1. The molecule has 132 valence electrons. The van der Waals surface area contributed by atoms with Crippen LogP contribution in [0.5, 0.6) is 0 Å². The molecule has 0 aliphatic heterocycles. The fourth-order valence-electron chi connectivity index (χ4n) is 2.81. The van der Waals surface area contributed by atoms with Crippen molar-refractivity contribution in [1.82, 2.24) is 0 Å². The Labute approximate surface area is 165 Å². The summed E-state index contributed by atoms with van der Waals surface area (Å²) in [5, 5.41) is 8.20. The average Bonchev–Trinajstić information content (AvgIpc) is 2.95. The van der Waals surface area contributed by atoms with Crippen molar-refractivity contribution in [1.29, 1.82) is 0 Å². The van der Waals surface area contributed by atoms with Crippen LogP contribution < -0.4 is 10.6 Å². The average molecular weight is 415 g/mol. The molecule has 1 heterocycles. The quantitative estimate of drug-likeness (QED) is 0.510. The van der Waals surface area contributed by atoms with Crippen LogP contribution in [0.15, 0.2) is 18.2 Å². The van der Waals surface area contributed by atoms with Crippen molar-refractivity contribution in [2.24, 2.45) is 0 Å². The topological polar surface area (TPSA) is 50.4 Å². The minimum Gasteiger partial charge on any atom is -0.465 e. The molecule has 2 aromatic rings. The summed E-state index contributed by atoms with van der Waals surface area (Å²) in [6.45, 7) is 0.